The van der Waals surface area contributed by atoms with E-state index in [1.54, 1.807) is 12.1 Å². The fraction of sp³-hybridized carbons (Fsp3) is 0.533. The first kappa shape index (κ1) is 15.7. The lowest BCUT2D eigenvalue weighted by atomic mass is 9.83. The summed E-state index contributed by atoms with van der Waals surface area (Å²) in [5.74, 6) is 0.0824. The molecular weight excluding hydrogens is 340 g/mol. The molecule has 5 heteroatoms. The molecule has 1 aliphatic carbocycles. The van der Waals surface area contributed by atoms with E-state index in [1.807, 2.05) is 0 Å². The van der Waals surface area contributed by atoms with E-state index in [2.05, 4.69) is 29.8 Å². The molecular formula is C15H19BrO3S. The van der Waals surface area contributed by atoms with Gasteiger partial charge in [-0.25, -0.2) is 4.79 Å². The standard InChI is InChI=1S/C15H19BrO3S/c1-9-5-10(2)7-12(6-9)20(19)14-8-11(16)3-4-13(14)15(17)18/h3-4,8-10,12H,5-7H2,1-2H3,(H,17,18). The molecule has 0 aromatic heterocycles. The van der Waals surface area contributed by atoms with E-state index in [9.17, 15) is 14.1 Å². The normalized spacial score (nSPS) is 28.1. The molecule has 1 fully saturated rings. The van der Waals surface area contributed by atoms with Crippen molar-refractivity contribution in [3.63, 3.8) is 0 Å². The Morgan fingerprint density at radius 2 is 1.85 bits per heavy atom. The van der Waals surface area contributed by atoms with E-state index in [-0.39, 0.29) is 10.8 Å². The van der Waals surface area contributed by atoms with Gasteiger partial charge in [-0.1, -0.05) is 29.8 Å². The molecule has 0 aliphatic heterocycles. The largest absolute Gasteiger partial charge is 0.478 e. The van der Waals surface area contributed by atoms with Crippen LogP contribution in [0.5, 0.6) is 0 Å². The molecule has 20 heavy (non-hydrogen) atoms. The van der Waals surface area contributed by atoms with Crippen molar-refractivity contribution in [3.05, 3.63) is 28.2 Å². The third-order valence-corrected chi connectivity index (χ3v) is 6.08. The lowest BCUT2D eigenvalue weighted by Crippen LogP contribution is -2.28. The highest BCUT2D eigenvalue weighted by atomic mass is 79.9. The lowest BCUT2D eigenvalue weighted by Gasteiger charge is -2.31. The Balaban J connectivity index is 2.33. The van der Waals surface area contributed by atoms with Crippen LogP contribution in [0.15, 0.2) is 27.6 Å². The van der Waals surface area contributed by atoms with Gasteiger partial charge in [0, 0.05) is 9.72 Å². The Kier molecular flexibility index (Phi) is 5.02. The number of carbonyl (C=O) groups is 1. The summed E-state index contributed by atoms with van der Waals surface area (Å²) in [4.78, 5) is 11.7. The Morgan fingerprint density at radius 3 is 2.40 bits per heavy atom. The Labute approximate surface area is 130 Å². The highest BCUT2D eigenvalue weighted by Crippen LogP contribution is 2.34. The molecule has 0 radical (unpaired) electrons. The van der Waals surface area contributed by atoms with Crippen molar-refractivity contribution in [2.24, 2.45) is 11.8 Å². The summed E-state index contributed by atoms with van der Waals surface area (Å²) in [6.07, 6.45) is 2.98. The molecule has 1 aromatic rings. The molecule has 1 N–H and O–H groups in total. The summed E-state index contributed by atoms with van der Waals surface area (Å²) >= 11 is 3.33. The van der Waals surface area contributed by atoms with Gasteiger partial charge in [-0.05, 0) is 49.3 Å². The van der Waals surface area contributed by atoms with Crippen LogP contribution in [-0.2, 0) is 10.8 Å². The smallest absolute Gasteiger partial charge is 0.336 e. The van der Waals surface area contributed by atoms with E-state index in [4.69, 9.17) is 0 Å². The molecule has 2 rings (SSSR count). The van der Waals surface area contributed by atoms with Gasteiger partial charge < -0.3 is 5.11 Å². The zero-order valence-corrected chi connectivity index (χ0v) is 14.0. The maximum absolute atomic E-state index is 12.8. The van der Waals surface area contributed by atoms with Crippen LogP contribution in [0.25, 0.3) is 0 Å². The number of hydrogen-bond donors (Lipinski definition) is 1. The zero-order chi connectivity index (χ0) is 14.9. The van der Waals surface area contributed by atoms with Gasteiger partial charge in [-0.3, -0.25) is 4.21 Å². The van der Waals surface area contributed by atoms with Crippen molar-refractivity contribution >= 4 is 32.7 Å². The fourth-order valence-electron chi connectivity index (χ4n) is 3.07. The lowest BCUT2D eigenvalue weighted by molar-refractivity contribution is 0.0693. The van der Waals surface area contributed by atoms with Gasteiger partial charge in [0.1, 0.15) is 0 Å². The average Bonchev–Trinajstić information content (AvgIpc) is 2.36. The van der Waals surface area contributed by atoms with Crippen molar-refractivity contribution in [3.8, 4) is 0 Å². The molecule has 0 amide bonds. The molecule has 3 atom stereocenters. The monoisotopic (exact) mass is 358 g/mol. The number of rotatable bonds is 3. The van der Waals surface area contributed by atoms with Gasteiger partial charge in [-0.2, -0.15) is 0 Å². The van der Waals surface area contributed by atoms with Crippen LogP contribution in [0, 0.1) is 11.8 Å². The minimum atomic E-state index is -1.26. The Hall–Kier alpha value is -0.680. The second kappa shape index (κ2) is 6.39. The van der Waals surface area contributed by atoms with Crippen LogP contribution in [0.1, 0.15) is 43.5 Å². The SMILES string of the molecule is CC1CC(C)CC(S(=O)c2cc(Br)ccc2C(=O)O)C1. The van der Waals surface area contributed by atoms with Crippen molar-refractivity contribution in [1.82, 2.24) is 0 Å². The zero-order valence-electron chi connectivity index (χ0n) is 11.6. The summed E-state index contributed by atoms with van der Waals surface area (Å²) in [6, 6.07) is 4.88. The first-order valence-electron chi connectivity index (χ1n) is 6.82. The van der Waals surface area contributed by atoms with E-state index in [1.165, 1.54) is 6.07 Å². The molecule has 110 valence electrons. The van der Waals surface area contributed by atoms with Crippen LogP contribution in [0.3, 0.4) is 0 Å². The average molecular weight is 359 g/mol. The minimum absolute atomic E-state index is 0.0566. The number of halogens is 1. The van der Waals surface area contributed by atoms with Gasteiger partial charge in [0.2, 0.25) is 0 Å². The number of benzene rings is 1. The molecule has 0 spiro atoms. The first-order chi connectivity index (χ1) is 9.38. The highest BCUT2D eigenvalue weighted by molar-refractivity contribution is 9.10. The summed E-state index contributed by atoms with van der Waals surface area (Å²) in [6.45, 7) is 4.36. The second-order valence-electron chi connectivity index (χ2n) is 5.78. The third-order valence-electron chi connectivity index (χ3n) is 3.83. The van der Waals surface area contributed by atoms with E-state index >= 15 is 0 Å². The van der Waals surface area contributed by atoms with Crippen LogP contribution >= 0.6 is 15.9 Å². The number of hydrogen-bond acceptors (Lipinski definition) is 2. The van der Waals surface area contributed by atoms with Crippen LogP contribution in [-0.4, -0.2) is 20.5 Å². The quantitative estimate of drug-likeness (QED) is 0.885. The van der Waals surface area contributed by atoms with Crippen LogP contribution in [0.2, 0.25) is 0 Å². The Bertz CT molecular complexity index is 534. The predicted octanol–water partition coefficient (Wildman–Crippen LogP) is 4.08. The molecule has 1 saturated carbocycles. The van der Waals surface area contributed by atoms with Crippen molar-refractivity contribution in [1.29, 1.82) is 0 Å². The minimum Gasteiger partial charge on any atom is -0.478 e. The molecule has 0 heterocycles. The van der Waals surface area contributed by atoms with E-state index in [0.717, 1.165) is 23.7 Å². The summed E-state index contributed by atoms with van der Waals surface area (Å²) in [5, 5.41) is 9.31. The van der Waals surface area contributed by atoms with Crippen LogP contribution < -0.4 is 0 Å². The van der Waals surface area contributed by atoms with Gasteiger partial charge in [0.15, 0.2) is 0 Å². The van der Waals surface area contributed by atoms with Crippen molar-refractivity contribution in [2.75, 3.05) is 0 Å². The number of carboxylic acid groups (broad SMARTS) is 1. The molecule has 3 nitrogen and oxygen atoms in total. The first-order valence-corrected chi connectivity index (χ1v) is 8.82. The summed E-state index contributed by atoms with van der Waals surface area (Å²) in [7, 11) is -1.26. The molecule has 1 aliphatic rings. The number of carboxylic acids is 1. The Morgan fingerprint density at radius 1 is 1.25 bits per heavy atom. The van der Waals surface area contributed by atoms with Gasteiger partial charge in [-0.15, -0.1) is 0 Å². The summed E-state index contributed by atoms with van der Waals surface area (Å²) in [5.41, 5.74) is 0.150. The highest BCUT2D eigenvalue weighted by Gasteiger charge is 2.30. The van der Waals surface area contributed by atoms with Crippen LogP contribution in [0.4, 0.5) is 0 Å². The predicted molar refractivity (Wildman–Crippen MR) is 83.5 cm³/mol. The van der Waals surface area contributed by atoms with E-state index in [0.29, 0.717) is 16.7 Å². The molecule has 0 bridgehead atoms. The van der Waals surface area contributed by atoms with Gasteiger partial charge in [0.05, 0.1) is 21.3 Å². The maximum Gasteiger partial charge on any atom is 0.336 e. The molecule has 0 saturated heterocycles. The van der Waals surface area contributed by atoms with Gasteiger partial charge >= 0.3 is 5.97 Å². The fourth-order valence-corrected chi connectivity index (χ4v) is 5.56. The van der Waals surface area contributed by atoms with Gasteiger partial charge in [0.25, 0.3) is 0 Å². The van der Waals surface area contributed by atoms with E-state index < -0.39 is 16.8 Å². The molecule has 3 unspecified atom stereocenters. The van der Waals surface area contributed by atoms with Crippen molar-refractivity contribution in [2.45, 2.75) is 43.3 Å². The number of aromatic carboxylic acids is 1. The maximum atomic E-state index is 12.8. The molecule has 1 aromatic carbocycles. The summed E-state index contributed by atoms with van der Waals surface area (Å²) < 4.78 is 13.6. The second-order valence-corrected chi connectivity index (χ2v) is 8.40. The third kappa shape index (κ3) is 3.50. The topological polar surface area (TPSA) is 54.4 Å². The van der Waals surface area contributed by atoms with Crippen molar-refractivity contribution < 1.29 is 14.1 Å².